The molecule has 0 saturated heterocycles. The van der Waals surface area contributed by atoms with Gasteiger partial charge in [-0.15, -0.1) is 16.8 Å². The monoisotopic (exact) mass is 474 g/mol. The Morgan fingerprint density at radius 1 is 1.19 bits per heavy atom. The number of nitrogens with zero attached hydrogens (tertiary/aromatic N) is 3. The molecule has 1 N–H and O–H groups in total. The van der Waals surface area contributed by atoms with Crippen molar-refractivity contribution in [1.82, 2.24) is 20.1 Å². The summed E-state index contributed by atoms with van der Waals surface area (Å²) < 4.78 is 1.98. The molecule has 0 aliphatic heterocycles. The maximum atomic E-state index is 12.8. The average Bonchev–Trinajstić information content (AvgIpc) is 3.14. The fourth-order valence-electron chi connectivity index (χ4n) is 3.06. The lowest BCUT2D eigenvalue weighted by atomic mass is 10.0. The molecular weight excluding hydrogens is 451 g/mol. The summed E-state index contributed by atoms with van der Waals surface area (Å²) in [6.07, 6.45) is 1.79. The van der Waals surface area contributed by atoms with Crippen LogP contribution in [0.25, 0.3) is 0 Å². The molecule has 0 aliphatic carbocycles. The van der Waals surface area contributed by atoms with Gasteiger partial charge in [-0.25, -0.2) is 0 Å². The van der Waals surface area contributed by atoms with Crippen molar-refractivity contribution in [3.63, 3.8) is 0 Å². The van der Waals surface area contributed by atoms with Crippen molar-refractivity contribution in [3.05, 3.63) is 88.2 Å². The van der Waals surface area contributed by atoms with Gasteiger partial charge in [-0.1, -0.05) is 79.2 Å². The smallest absolute Gasteiger partial charge is 0.251 e. The van der Waals surface area contributed by atoms with Crippen molar-refractivity contribution in [1.29, 1.82) is 0 Å². The van der Waals surface area contributed by atoms with E-state index in [0.717, 1.165) is 10.7 Å². The summed E-state index contributed by atoms with van der Waals surface area (Å²) in [6, 6.07) is 14.3. The molecule has 0 radical (unpaired) electrons. The quantitative estimate of drug-likeness (QED) is 0.296. The summed E-state index contributed by atoms with van der Waals surface area (Å²) in [5, 5.41) is 13.9. The van der Waals surface area contributed by atoms with Gasteiger partial charge >= 0.3 is 0 Å². The van der Waals surface area contributed by atoms with E-state index in [1.54, 1.807) is 24.3 Å². The maximum absolute atomic E-state index is 12.8. The van der Waals surface area contributed by atoms with Crippen LogP contribution in [0.1, 0.15) is 41.6 Å². The molecule has 0 saturated carbocycles. The number of nitrogens with one attached hydrogen (secondary N) is 1. The van der Waals surface area contributed by atoms with E-state index in [2.05, 4.69) is 22.1 Å². The number of thioether (sulfide) groups is 1. The van der Waals surface area contributed by atoms with Crippen LogP contribution in [-0.4, -0.2) is 20.7 Å². The summed E-state index contributed by atoms with van der Waals surface area (Å²) >= 11 is 13.8. The average molecular weight is 475 g/mol. The van der Waals surface area contributed by atoms with Gasteiger partial charge in [-0.3, -0.25) is 4.79 Å². The molecule has 5 nitrogen and oxygen atoms in total. The molecule has 3 rings (SSSR count). The SMILES string of the molecule is C=CCn1c(SCc2ccc(Cl)cc2Cl)nnc1[C@@H](NC(=O)c1ccccc1)C(C)C. The van der Waals surface area contributed by atoms with Crippen LogP contribution in [-0.2, 0) is 12.3 Å². The van der Waals surface area contributed by atoms with Crippen LogP contribution in [0.3, 0.4) is 0 Å². The Morgan fingerprint density at radius 3 is 2.58 bits per heavy atom. The molecule has 3 aromatic rings. The van der Waals surface area contributed by atoms with Crippen LogP contribution in [0.15, 0.2) is 66.3 Å². The number of halogens is 2. The highest BCUT2D eigenvalue weighted by molar-refractivity contribution is 7.98. The van der Waals surface area contributed by atoms with Crippen molar-refractivity contribution in [2.24, 2.45) is 5.92 Å². The maximum Gasteiger partial charge on any atom is 0.251 e. The molecule has 8 heteroatoms. The molecule has 0 spiro atoms. The van der Waals surface area contributed by atoms with Crippen molar-refractivity contribution in [2.45, 2.75) is 37.3 Å². The van der Waals surface area contributed by atoms with Gasteiger partial charge in [0.05, 0.1) is 6.04 Å². The molecule has 1 heterocycles. The topological polar surface area (TPSA) is 59.8 Å². The zero-order valence-corrected chi connectivity index (χ0v) is 19.7. The van der Waals surface area contributed by atoms with Crippen LogP contribution in [0.5, 0.6) is 0 Å². The predicted octanol–water partition coefficient (Wildman–Crippen LogP) is 6.19. The summed E-state index contributed by atoms with van der Waals surface area (Å²) in [5.74, 6) is 1.29. The Kier molecular flexibility index (Phi) is 8.18. The van der Waals surface area contributed by atoms with Crippen LogP contribution >= 0.6 is 35.0 Å². The van der Waals surface area contributed by atoms with Gasteiger partial charge in [-0.2, -0.15) is 0 Å². The summed E-state index contributed by atoms with van der Waals surface area (Å²) in [6.45, 7) is 8.48. The molecule has 31 heavy (non-hydrogen) atoms. The number of benzene rings is 2. The van der Waals surface area contributed by atoms with E-state index >= 15 is 0 Å². The molecule has 0 fully saturated rings. The lowest BCUT2D eigenvalue weighted by Gasteiger charge is -2.22. The van der Waals surface area contributed by atoms with Gasteiger partial charge in [0.25, 0.3) is 5.91 Å². The van der Waals surface area contributed by atoms with Gasteiger partial charge in [0.15, 0.2) is 11.0 Å². The summed E-state index contributed by atoms with van der Waals surface area (Å²) in [5.41, 5.74) is 1.57. The molecule has 1 amide bonds. The second kappa shape index (κ2) is 10.8. The third-order valence-electron chi connectivity index (χ3n) is 4.70. The number of carbonyl (C=O) groups is 1. The number of allylic oxidation sites excluding steroid dienone is 1. The minimum absolute atomic E-state index is 0.115. The number of amides is 1. The standard InChI is InChI=1S/C23H24Cl2N4OS/c1-4-12-29-21(20(15(2)3)26-22(30)16-8-6-5-7-9-16)27-28-23(29)31-14-17-10-11-18(24)13-19(17)25/h4-11,13,15,20H,1,12,14H2,2-3H3,(H,26,30)/t20-/m0/s1. The number of hydrogen-bond donors (Lipinski definition) is 1. The minimum Gasteiger partial charge on any atom is -0.342 e. The third kappa shape index (κ3) is 5.91. The predicted molar refractivity (Wildman–Crippen MR) is 128 cm³/mol. The molecule has 0 bridgehead atoms. The first-order chi connectivity index (χ1) is 14.9. The number of aromatic nitrogens is 3. The normalized spacial score (nSPS) is 12.0. The first-order valence-corrected chi connectivity index (χ1v) is 11.6. The van der Waals surface area contributed by atoms with Gasteiger partial charge < -0.3 is 9.88 Å². The van der Waals surface area contributed by atoms with Crippen LogP contribution in [0.4, 0.5) is 0 Å². The molecule has 2 aromatic carbocycles. The van der Waals surface area contributed by atoms with Crippen LogP contribution in [0.2, 0.25) is 10.0 Å². The van der Waals surface area contributed by atoms with Crippen molar-refractivity contribution >= 4 is 40.9 Å². The largest absolute Gasteiger partial charge is 0.342 e. The van der Waals surface area contributed by atoms with Crippen LogP contribution < -0.4 is 5.32 Å². The Hall–Kier alpha value is -2.28. The Labute approximate surface area is 196 Å². The van der Waals surface area contributed by atoms with Crippen molar-refractivity contribution in [2.75, 3.05) is 0 Å². The van der Waals surface area contributed by atoms with Gasteiger partial charge in [0.1, 0.15) is 0 Å². The number of carbonyl (C=O) groups excluding carboxylic acids is 1. The second-order valence-corrected chi connectivity index (χ2v) is 9.11. The highest BCUT2D eigenvalue weighted by atomic mass is 35.5. The van der Waals surface area contributed by atoms with E-state index in [-0.39, 0.29) is 17.9 Å². The number of rotatable bonds is 9. The molecule has 1 atom stereocenters. The summed E-state index contributed by atoms with van der Waals surface area (Å²) in [4.78, 5) is 12.8. The van der Waals surface area contributed by atoms with Crippen molar-refractivity contribution in [3.8, 4) is 0 Å². The fraction of sp³-hybridized carbons (Fsp3) is 0.261. The number of hydrogen-bond acceptors (Lipinski definition) is 4. The van der Waals surface area contributed by atoms with E-state index in [4.69, 9.17) is 23.2 Å². The van der Waals surface area contributed by atoms with Gasteiger partial charge in [0, 0.05) is 27.9 Å². The lowest BCUT2D eigenvalue weighted by molar-refractivity contribution is 0.0922. The molecule has 162 valence electrons. The zero-order chi connectivity index (χ0) is 22.4. The van der Waals surface area contributed by atoms with E-state index in [1.165, 1.54) is 11.8 Å². The molecule has 0 unspecified atom stereocenters. The van der Waals surface area contributed by atoms with E-state index in [0.29, 0.717) is 33.7 Å². The zero-order valence-electron chi connectivity index (χ0n) is 17.4. The highest BCUT2D eigenvalue weighted by Crippen LogP contribution is 2.30. The first kappa shape index (κ1) is 23.4. The van der Waals surface area contributed by atoms with Gasteiger partial charge in [0.2, 0.25) is 0 Å². The molecule has 0 aliphatic rings. The van der Waals surface area contributed by atoms with E-state index < -0.39 is 0 Å². The Morgan fingerprint density at radius 2 is 1.94 bits per heavy atom. The Balaban J connectivity index is 1.84. The van der Waals surface area contributed by atoms with E-state index in [9.17, 15) is 4.79 Å². The molecule has 1 aromatic heterocycles. The Bertz CT molecular complexity index is 1050. The fourth-order valence-corrected chi connectivity index (χ4v) is 4.58. The first-order valence-electron chi connectivity index (χ1n) is 9.87. The molecular formula is C23H24Cl2N4OS. The highest BCUT2D eigenvalue weighted by Gasteiger charge is 2.26. The van der Waals surface area contributed by atoms with E-state index in [1.807, 2.05) is 48.7 Å². The minimum atomic E-state index is -0.298. The summed E-state index contributed by atoms with van der Waals surface area (Å²) in [7, 11) is 0. The van der Waals surface area contributed by atoms with Crippen molar-refractivity contribution < 1.29 is 4.79 Å². The lowest BCUT2D eigenvalue weighted by Crippen LogP contribution is -2.33. The van der Waals surface area contributed by atoms with Gasteiger partial charge in [-0.05, 0) is 35.7 Å². The van der Waals surface area contributed by atoms with Crippen LogP contribution in [0, 0.1) is 5.92 Å². The second-order valence-electron chi connectivity index (χ2n) is 7.33. The third-order valence-corrected chi connectivity index (χ3v) is 6.30.